The minimum absolute atomic E-state index is 0.307. The van der Waals surface area contributed by atoms with Crippen molar-refractivity contribution in [3.63, 3.8) is 0 Å². The topological polar surface area (TPSA) is 52.2 Å². The van der Waals surface area contributed by atoms with Gasteiger partial charge in [-0.3, -0.25) is 9.48 Å². The smallest absolute Gasteiger partial charge is 0.297 e. The molecule has 1 amide bonds. The van der Waals surface area contributed by atoms with Crippen LogP contribution in [0.15, 0.2) is 35.5 Å². The Hall–Kier alpha value is -1.92. The third-order valence-electron chi connectivity index (χ3n) is 3.01. The number of halogens is 1. The molecule has 2 aromatic heterocycles. The zero-order valence-corrected chi connectivity index (χ0v) is 12.4. The van der Waals surface area contributed by atoms with Crippen molar-refractivity contribution >= 4 is 39.1 Å². The highest BCUT2D eigenvalue weighted by Crippen LogP contribution is 2.21. The molecular formula is C13H11ClN4OS. The van der Waals surface area contributed by atoms with E-state index in [2.05, 4.69) is 10.1 Å². The summed E-state index contributed by atoms with van der Waals surface area (Å²) in [5.74, 6) is -0.307. The summed E-state index contributed by atoms with van der Waals surface area (Å²) in [5, 5.41) is 4.64. The number of amides is 1. The maximum atomic E-state index is 12.1. The van der Waals surface area contributed by atoms with E-state index in [9.17, 15) is 4.79 Å². The van der Waals surface area contributed by atoms with Crippen LogP contribution in [-0.2, 0) is 14.1 Å². The van der Waals surface area contributed by atoms with Crippen LogP contribution in [0.2, 0.25) is 5.02 Å². The first-order valence-corrected chi connectivity index (χ1v) is 7.08. The van der Waals surface area contributed by atoms with Crippen LogP contribution in [0.3, 0.4) is 0 Å². The van der Waals surface area contributed by atoms with Gasteiger partial charge in [-0.2, -0.15) is 10.1 Å². The second-order valence-electron chi connectivity index (χ2n) is 4.31. The maximum Gasteiger partial charge on any atom is 0.297 e. The standard InChI is InChI=1S/C13H11ClN4OS/c1-17-9-4-3-8(14)7-11(9)20-13(17)16-12(19)10-5-6-15-18(10)2/h3-7H,1-2H3. The Morgan fingerprint density at radius 3 is 2.85 bits per heavy atom. The van der Waals surface area contributed by atoms with Gasteiger partial charge in [0.05, 0.1) is 10.2 Å². The number of rotatable bonds is 1. The van der Waals surface area contributed by atoms with Crippen molar-refractivity contribution in [3.05, 3.63) is 46.0 Å². The molecule has 7 heteroatoms. The van der Waals surface area contributed by atoms with Crippen molar-refractivity contribution < 1.29 is 4.79 Å². The lowest BCUT2D eigenvalue weighted by Gasteiger charge is -1.96. The van der Waals surface area contributed by atoms with Gasteiger partial charge in [0.1, 0.15) is 5.69 Å². The summed E-state index contributed by atoms with van der Waals surface area (Å²) in [5.41, 5.74) is 1.46. The minimum Gasteiger partial charge on any atom is -0.319 e. The lowest BCUT2D eigenvalue weighted by atomic mass is 10.3. The number of benzene rings is 1. The molecule has 0 fully saturated rings. The second-order valence-corrected chi connectivity index (χ2v) is 5.76. The molecule has 102 valence electrons. The number of carbonyl (C=O) groups is 1. The van der Waals surface area contributed by atoms with E-state index in [0.29, 0.717) is 15.5 Å². The van der Waals surface area contributed by atoms with Gasteiger partial charge in [0, 0.05) is 25.3 Å². The molecule has 0 spiro atoms. The highest BCUT2D eigenvalue weighted by Gasteiger charge is 2.10. The van der Waals surface area contributed by atoms with E-state index in [-0.39, 0.29) is 5.91 Å². The van der Waals surface area contributed by atoms with Crippen molar-refractivity contribution in [1.29, 1.82) is 0 Å². The van der Waals surface area contributed by atoms with Crippen LogP contribution in [0.4, 0.5) is 0 Å². The molecule has 1 aromatic carbocycles. The summed E-state index contributed by atoms with van der Waals surface area (Å²) in [6, 6.07) is 7.26. The number of hydrogen-bond donors (Lipinski definition) is 0. The number of thiazole rings is 1. The molecule has 0 aliphatic heterocycles. The molecule has 0 N–H and O–H groups in total. The lowest BCUT2D eigenvalue weighted by Crippen LogP contribution is -2.14. The summed E-state index contributed by atoms with van der Waals surface area (Å²) in [4.78, 5) is 16.9. The average Bonchev–Trinajstić information content (AvgIpc) is 2.95. The summed E-state index contributed by atoms with van der Waals surface area (Å²) in [7, 11) is 3.59. The first-order valence-electron chi connectivity index (χ1n) is 5.88. The number of hydrogen-bond acceptors (Lipinski definition) is 3. The zero-order valence-electron chi connectivity index (χ0n) is 10.9. The van der Waals surface area contributed by atoms with Crippen LogP contribution in [0.1, 0.15) is 10.5 Å². The maximum absolute atomic E-state index is 12.1. The Balaban J connectivity index is 2.15. The number of aromatic nitrogens is 3. The highest BCUT2D eigenvalue weighted by molar-refractivity contribution is 7.16. The van der Waals surface area contributed by atoms with Crippen molar-refractivity contribution in [2.75, 3.05) is 0 Å². The van der Waals surface area contributed by atoms with Crippen LogP contribution in [0.5, 0.6) is 0 Å². The van der Waals surface area contributed by atoms with Crippen molar-refractivity contribution in [2.24, 2.45) is 19.1 Å². The molecule has 0 atom stereocenters. The number of nitrogens with zero attached hydrogens (tertiary/aromatic N) is 4. The molecule has 3 aromatic rings. The molecule has 0 saturated carbocycles. The van der Waals surface area contributed by atoms with Gasteiger partial charge in [-0.1, -0.05) is 22.9 Å². The molecule has 0 aliphatic carbocycles. The van der Waals surface area contributed by atoms with Crippen LogP contribution in [0.25, 0.3) is 10.2 Å². The van der Waals surface area contributed by atoms with Gasteiger partial charge in [-0.15, -0.1) is 0 Å². The molecule has 0 bridgehead atoms. The van der Waals surface area contributed by atoms with E-state index >= 15 is 0 Å². The average molecular weight is 307 g/mol. The van der Waals surface area contributed by atoms with E-state index in [4.69, 9.17) is 11.6 Å². The first-order chi connectivity index (χ1) is 9.56. The Morgan fingerprint density at radius 2 is 2.15 bits per heavy atom. The van der Waals surface area contributed by atoms with E-state index in [1.54, 1.807) is 19.3 Å². The Labute approximate surface area is 123 Å². The third kappa shape index (κ3) is 2.17. The van der Waals surface area contributed by atoms with Gasteiger partial charge >= 0.3 is 0 Å². The number of carbonyl (C=O) groups excluding carboxylic acids is 1. The molecule has 0 unspecified atom stereocenters. The zero-order chi connectivity index (χ0) is 14.3. The third-order valence-corrected chi connectivity index (χ3v) is 4.34. The highest BCUT2D eigenvalue weighted by atomic mass is 35.5. The van der Waals surface area contributed by atoms with Gasteiger partial charge in [-0.25, -0.2) is 0 Å². The minimum atomic E-state index is -0.307. The quantitative estimate of drug-likeness (QED) is 0.693. The Morgan fingerprint density at radius 1 is 1.35 bits per heavy atom. The largest absolute Gasteiger partial charge is 0.319 e. The van der Waals surface area contributed by atoms with Crippen LogP contribution in [0, 0.1) is 0 Å². The van der Waals surface area contributed by atoms with E-state index < -0.39 is 0 Å². The van der Waals surface area contributed by atoms with Gasteiger partial charge in [-0.05, 0) is 24.3 Å². The van der Waals surface area contributed by atoms with Gasteiger partial charge in [0.2, 0.25) is 0 Å². The number of aryl methyl sites for hydroxylation is 2. The fourth-order valence-electron chi connectivity index (χ4n) is 1.94. The Bertz CT molecular complexity index is 874. The Kier molecular flexibility index (Phi) is 3.19. The summed E-state index contributed by atoms with van der Waals surface area (Å²) in [6.07, 6.45) is 1.58. The molecule has 0 radical (unpaired) electrons. The SMILES string of the molecule is Cn1nccc1C(=O)N=c1sc2cc(Cl)ccc2n1C. The lowest BCUT2D eigenvalue weighted by molar-refractivity contribution is 0.0989. The fourth-order valence-corrected chi connectivity index (χ4v) is 3.24. The van der Waals surface area contributed by atoms with Crippen LogP contribution < -0.4 is 4.80 Å². The van der Waals surface area contributed by atoms with Crippen LogP contribution >= 0.6 is 22.9 Å². The second kappa shape index (κ2) is 4.88. The van der Waals surface area contributed by atoms with Crippen LogP contribution in [-0.4, -0.2) is 20.3 Å². The van der Waals surface area contributed by atoms with Crippen molar-refractivity contribution in [1.82, 2.24) is 14.3 Å². The first kappa shape index (κ1) is 13.1. The molecular weight excluding hydrogens is 296 g/mol. The predicted molar refractivity (Wildman–Crippen MR) is 78.9 cm³/mol. The molecule has 0 aliphatic rings. The van der Waals surface area contributed by atoms with E-state index in [0.717, 1.165) is 10.2 Å². The normalized spacial score (nSPS) is 12.2. The van der Waals surface area contributed by atoms with Gasteiger partial charge < -0.3 is 4.57 Å². The van der Waals surface area contributed by atoms with Gasteiger partial charge in [0.25, 0.3) is 5.91 Å². The number of fused-ring (bicyclic) bond motifs is 1. The summed E-state index contributed by atoms with van der Waals surface area (Å²) in [6.45, 7) is 0. The predicted octanol–water partition coefficient (Wildman–Crippen LogP) is 2.37. The molecule has 20 heavy (non-hydrogen) atoms. The van der Waals surface area contributed by atoms with Crippen molar-refractivity contribution in [3.8, 4) is 0 Å². The summed E-state index contributed by atoms with van der Waals surface area (Å²) < 4.78 is 4.39. The molecule has 5 nitrogen and oxygen atoms in total. The molecule has 3 rings (SSSR count). The summed E-state index contributed by atoms with van der Waals surface area (Å²) >= 11 is 7.41. The monoisotopic (exact) mass is 306 g/mol. The van der Waals surface area contributed by atoms with Gasteiger partial charge in [0.15, 0.2) is 4.80 Å². The molecule has 2 heterocycles. The molecule has 0 saturated heterocycles. The van der Waals surface area contributed by atoms with E-state index in [1.165, 1.54) is 16.0 Å². The van der Waals surface area contributed by atoms with E-state index in [1.807, 2.05) is 29.8 Å². The van der Waals surface area contributed by atoms with Crippen molar-refractivity contribution in [2.45, 2.75) is 0 Å². The fraction of sp³-hybridized carbons (Fsp3) is 0.154.